The van der Waals surface area contributed by atoms with E-state index >= 15 is 0 Å². The molecule has 4 aliphatic rings. The largest absolute Gasteiger partial charge is 0.401 e. The molecule has 0 aromatic heterocycles. The summed E-state index contributed by atoms with van der Waals surface area (Å²) in [5, 5.41) is 2.96. The van der Waals surface area contributed by atoms with Crippen LogP contribution in [0.4, 0.5) is 0 Å². The molecule has 0 amide bonds. The third kappa shape index (κ3) is 6.01. The second kappa shape index (κ2) is 11.9. The van der Waals surface area contributed by atoms with Gasteiger partial charge in [0.15, 0.2) is 0 Å². The SMILES string of the molecule is CN/C=C(\N)CCC(=O)CC1CCC2(C)C(=CCC3C2CCC2(C)C(C(C)CCCC(C)C)CCC32)C1. The van der Waals surface area contributed by atoms with Crippen LogP contribution in [0.25, 0.3) is 0 Å². The second-order valence-corrected chi connectivity index (χ2v) is 14.6. The van der Waals surface area contributed by atoms with Crippen LogP contribution in [-0.2, 0) is 4.79 Å². The zero-order valence-electron chi connectivity index (χ0n) is 25.1. The fourth-order valence-electron chi connectivity index (χ4n) is 9.90. The number of Topliss-reactive ketones (excluding diaryl/α,β-unsaturated/α-hetero) is 1. The molecule has 3 saturated carbocycles. The average molecular weight is 511 g/mol. The van der Waals surface area contributed by atoms with Gasteiger partial charge in [0, 0.05) is 31.8 Å². The van der Waals surface area contributed by atoms with Crippen LogP contribution in [-0.4, -0.2) is 12.8 Å². The summed E-state index contributed by atoms with van der Waals surface area (Å²) in [5.41, 5.74) is 9.41. The van der Waals surface area contributed by atoms with Gasteiger partial charge < -0.3 is 11.1 Å². The van der Waals surface area contributed by atoms with E-state index in [1.54, 1.807) is 11.8 Å². The Labute approximate surface area is 228 Å². The topological polar surface area (TPSA) is 55.1 Å². The highest BCUT2D eigenvalue weighted by Crippen LogP contribution is 2.67. The first-order valence-electron chi connectivity index (χ1n) is 15.9. The van der Waals surface area contributed by atoms with Crippen molar-refractivity contribution in [3.05, 3.63) is 23.5 Å². The normalized spacial score (nSPS) is 38.4. The number of hydrogen-bond acceptors (Lipinski definition) is 3. The van der Waals surface area contributed by atoms with E-state index in [0.29, 0.717) is 35.4 Å². The summed E-state index contributed by atoms with van der Waals surface area (Å²) in [7, 11) is 1.85. The van der Waals surface area contributed by atoms with Crippen LogP contribution in [0.2, 0.25) is 0 Å². The van der Waals surface area contributed by atoms with Crippen LogP contribution in [0.15, 0.2) is 23.5 Å². The summed E-state index contributed by atoms with van der Waals surface area (Å²) in [4.78, 5) is 12.7. The maximum absolute atomic E-state index is 12.7. The second-order valence-electron chi connectivity index (χ2n) is 14.6. The average Bonchev–Trinajstić information content (AvgIpc) is 3.20. The van der Waals surface area contributed by atoms with Gasteiger partial charge in [-0.05, 0) is 110 Å². The van der Waals surface area contributed by atoms with E-state index in [4.69, 9.17) is 5.73 Å². The van der Waals surface area contributed by atoms with Gasteiger partial charge in [-0.1, -0.05) is 65.5 Å². The monoisotopic (exact) mass is 510 g/mol. The number of nitrogens with two attached hydrogens (primary N) is 1. The number of ketones is 1. The van der Waals surface area contributed by atoms with Crippen LogP contribution < -0.4 is 11.1 Å². The number of hydrogen-bond donors (Lipinski definition) is 2. The molecule has 3 N–H and O–H groups in total. The van der Waals surface area contributed by atoms with E-state index in [1.807, 2.05) is 7.05 Å². The first-order chi connectivity index (χ1) is 17.6. The standard InChI is InChI=1S/C34H58N2O/c1-23(2)8-7-9-24(3)30-14-15-31-29-13-10-26-20-25(21-28(37)12-11-27(35)22-36-6)16-18-33(26,4)32(29)17-19-34(30,31)5/h10,22-25,29-32,36H,7-9,11-21,35H2,1-6H3/b27-22-. The van der Waals surface area contributed by atoms with E-state index in [9.17, 15) is 4.79 Å². The van der Waals surface area contributed by atoms with E-state index in [0.717, 1.165) is 54.0 Å². The third-order valence-corrected chi connectivity index (χ3v) is 11.9. The highest BCUT2D eigenvalue weighted by atomic mass is 16.1. The maximum atomic E-state index is 12.7. The predicted octanol–water partition coefficient (Wildman–Crippen LogP) is 8.40. The summed E-state index contributed by atoms with van der Waals surface area (Å²) in [6.45, 7) is 12.6. The summed E-state index contributed by atoms with van der Waals surface area (Å²) in [6.07, 6.45) is 21.5. The molecule has 210 valence electrons. The molecule has 3 heteroatoms. The molecule has 0 heterocycles. The minimum Gasteiger partial charge on any atom is -0.401 e. The molecule has 8 unspecified atom stereocenters. The number of nitrogens with one attached hydrogen (secondary N) is 1. The lowest BCUT2D eigenvalue weighted by atomic mass is 9.46. The molecule has 0 aromatic rings. The summed E-state index contributed by atoms with van der Waals surface area (Å²) < 4.78 is 0. The van der Waals surface area contributed by atoms with Gasteiger partial charge in [-0.15, -0.1) is 0 Å². The Kier molecular flexibility index (Phi) is 9.22. The molecule has 0 radical (unpaired) electrons. The van der Waals surface area contributed by atoms with E-state index in [2.05, 4.69) is 46.0 Å². The van der Waals surface area contributed by atoms with Gasteiger partial charge in [-0.3, -0.25) is 4.79 Å². The molecule has 0 bridgehead atoms. The summed E-state index contributed by atoms with van der Waals surface area (Å²) in [6, 6.07) is 0. The highest BCUT2D eigenvalue weighted by Gasteiger charge is 2.59. The Morgan fingerprint density at radius 1 is 1.08 bits per heavy atom. The van der Waals surface area contributed by atoms with Crippen molar-refractivity contribution in [1.29, 1.82) is 0 Å². The lowest BCUT2D eigenvalue weighted by Gasteiger charge is -2.58. The Hall–Kier alpha value is -1.25. The molecule has 3 nitrogen and oxygen atoms in total. The van der Waals surface area contributed by atoms with Crippen molar-refractivity contribution in [2.45, 2.75) is 125 Å². The molecule has 37 heavy (non-hydrogen) atoms. The maximum Gasteiger partial charge on any atom is 0.133 e. The van der Waals surface area contributed by atoms with Gasteiger partial charge in [0.1, 0.15) is 5.78 Å². The van der Waals surface area contributed by atoms with Crippen molar-refractivity contribution in [2.24, 2.45) is 58.0 Å². The molecule has 4 aliphatic carbocycles. The first kappa shape index (κ1) is 28.8. The Morgan fingerprint density at radius 2 is 1.86 bits per heavy atom. The minimum absolute atomic E-state index is 0.380. The van der Waals surface area contributed by atoms with Crippen molar-refractivity contribution in [3.63, 3.8) is 0 Å². The van der Waals surface area contributed by atoms with E-state index < -0.39 is 0 Å². The van der Waals surface area contributed by atoms with Gasteiger partial charge in [-0.25, -0.2) is 0 Å². The molecule has 8 atom stereocenters. The first-order valence-corrected chi connectivity index (χ1v) is 15.9. The van der Waals surface area contributed by atoms with Crippen molar-refractivity contribution < 1.29 is 4.79 Å². The van der Waals surface area contributed by atoms with Crippen molar-refractivity contribution in [3.8, 4) is 0 Å². The number of carbonyl (C=O) groups is 1. The van der Waals surface area contributed by atoms with Crippen LogP contribution in [0.3, 0.4) is 0 Å². The fraction of sp³-hybridized carbons (Fsp3) is 0.853. The van der Waals surface area contributed by atoms with Crippen molar-refractivity contribution in [2.75, 3.05) is 7.05 Å². The van der Waals surface area contributed by atoms with Gasteiger partial charge >= 0.3 is 0 Å². The van der Waals surface area contributed by atoms with Gasteiger partial charge in [0.2, 0.25) is 0 Å². The van der Waals surface area contributed by atoms with Crippen LogP contribution in [0, 0.1) is 52.3 Å². The number of allylic oxidation sites excluding steroid dienone is 3. The van der Waals surface area contributed by atoms with E-state index in [1.165, 1.54) is 64.2 Å². The van der Waals surface area contributed by atoms with Gasteiger partial charge in [-0.2, -0.15) is 0 Å². The Morgan fingerprint density at radius 3 is 2.59 bits per heavy atom. The molecule has 4 rings (SSSR count). The lowest BCUT2D eigenvalue weighted by molar-refractivity contribution is -0.120. The minimum atomic E-state index is 0.380. The summed E-state index contributed by atoms with van der Waals surface area (Å²) >= 11 is 0. The quantitative estimate of drug-likeness (QED) is 0.274. The number of carbonyl (C=O) groups excluding carboxylic acids is 1. The molecule has 0 saturated heterocycles. The molecule has 3 fully saturated rings. The highest BCUT2D eigenvalue weighted by molar-refractivity contribution is 5.78. The van der Waals surface area contributed by atoms with Crippen LogP contribution in [0.5, 0.6) is 0 Å². The van der Waals surface area contributed by atoms with Gasteiger partial charge in [0.25, 0.3) is 0 Å². The predicted molar refractivity (Wildman–Crippen MR) is 157 cm³/mol. The van der Waals surface area contributed by atoms with Gasteiger partial charge in [0.05, 0.1) is 0 Å². The Balaban J connectivity index is 1.37. The molecule has 0 aliphatic heterocycles. The van der Waals surface area contributed by atoms with Crippen LogP contribution in [0.1, 0.15) is 125 Å². The zero-order chi connectivity index (χ0) is 26.8. The summed E-state index contributed by atoms with van der Waals surface area (Å²) in [5.74, 6) is 6.26. The molecule has 0 aromatic carbocycles. The molecular weight excluding hydrogens is 452 g/mol. The third-order valence-electron chi connectivity index (χ3n) is 11.9. The number of rotatable bonds is 11. The Bertz CT molecular complexity index is 858. The van der Waals surface area contributed by atoms with Crippen LogP contribution >= 0.6 is 0 Å². The van der Waals surface area contributed by atoms with Crippen molar-refractivity contribution >= 4 is 5.78 Å². The zero-order valence-corrected chi connectivity index (χ0v) is 25.1. The smallest absolute Gasteiger partial charge is 0.133 e. The molecule has 0 spiro atoms. The fourth-order valence-corrected chi connectivity index (χ4v) is 9.90. The lowest BCUT2D eigenvalue weighted by Crippen LogP contribution is -2.50. The number of fused-ring (bicyclic) bond motifs is 5. The van der Waals surface area contributed by atoms with Crippen molar-refractivity contribution in [1.82, 2.24) is 5.32 Å². The molecular formula is C34H58N2O. The van der Waals surface area contributed by atoms with E-state index in [-0.39, 0.29) is 0 Å².